The van der Waals surface area contributed by atoms with Gasteiger partial charge in [-0.1, -0.05) is 20.8 Å². The Kier molecular flexibility index (Phi) is 3.13. The minimum absolute atomic E-state index is 0.0437. The van der Waals surface area contributed by atoms with Crippen LogP contribution in [0.15, 0.2) is 0 Å². The van der Waals surface area contributed by atoms with Crippen molar-refractivity contribution in [2.45, 2.75) is 39.7 Å². The van der Waals surface area contributed by atoms with Crippen LogP contribution in [0.1, 0.15) is 33.6 Å². The van der Waals surface area contributed by atoms with E-state index >= 15 is 0 Å². The van der Waals surface area contributed by atoms with Crippen molar-refractivity contribution in [3.05, 3.63) is 0 Å². The summed E-state index contributed by atoms with van der Waals surface area (Å²) in [6.45, 7) is 8.47. The highest BCUT2D eigenvalue weighted by Crippen LogP contribution is 2.29. The zero-order valence-corrected chi connectivity index (χ0v) is 8.43. The van der Waals surface area contributed by atoms with E-state index in [1.54, 1.807) is 0 Å². The second-order valence-electron chi connectivity index (χ2n) is 4.90. The molecule has 1 fully saturated rings. The first-order chi connectivity index (χ1) is 5.52. The quantitative estimate of drug-likeness (QED) is 0.625. The van der Waals surface area contributed by atoms with Gasteiger partial charge in [0.25, 0.3) is 0 Å². The molecule has 72 valence electrons. The lowest BCUT2D eigenvalue weighted by Crippen LogP contribution is -2.40. The van der Waals surface area contributed by atoms with Crippen molar-refractivity contribution in [1.29, 1.82) is 0 Å². The fraction of sp³-hybridized carbons (Fsp3) is 1.00. The van der Waals surface area contributed by atoms with Crippen molar-refractivity contribution in [3.8, 4) is 0 Å². The standard InChI is InChI=1S/C10H21NO/c1-10(2,3)9(12)8-4-6-11-7-5-8/h8-9,11-12H,4-7H2,1-3H3. The second-order valence-corrected chi connectivity index (χ2v) is 4.90. The van der Waals surface area contributed by atoms with E-state index in [2.05, 4.69) is 26.1 Å². The number of hydrogen-bond donors (Lipinski definition) is 2. The first kappa shape index (κ1) is 10.0. The molecule has 2 heteroatoms. The molecule has 0 aromatic rings. The Hall–Kier alpha value is -0.0800. The zero-order chi connectivity index (χ0) is 9.19. The largest absolute Gasteiger partial charge is 0.392 e. The average Bonchev–Trinajstić information content (AvgIpc) is 2.03. The summed E-state index contributed by atoms with van der Waals surface area (Å²) in [5.74, 6) is 0.506. The van der Waals surface area contributed by atoms with E-state index in [0.29, 0.717) is 5.92 Å². The van der Waals surface area contributed by atoms with Crippen LogP contribution < -0.4 is 5.32 Å². The smallest absolute Gasteiger partial charge is 0.0617 e. The summed E-state index contributed by atoms with van der Waals surface area (Å²) in [5, 5.41) is 13.3. The number of aliphatic hydroxyl groups is 1. The highest BCUT2D eigenvalue weighted by molar-refractivity contribution is 4.82. The molecule has 1 rings (SSSR count). The van der Waals surface area contributed by atoms with Crippen LogP contribution in [-0.2, 0) is 0 Å². The van der Waals surface area contributed by atoms with Gasteiger partial charge in [0.15, 0.2) is 0 Å². The zero-order valence-electron chi connectivity index (χ0n) is 8.43. The van der Waals surface area contributed by atoms with E-state index in [4.69, 9.17) is 0 Å². The van der Waals surface area contributed by atoms with Crippen LogP contribution in [0.2, 0.25) is 0 Å². The van der Waals surface area contributed by atoms with Gasteiger partial charge in [0.05, 0.1) is 6.10 Å². The molecule has 12 heavy (non-hydrogen) atoms. The van der Waals surface area contributed by atoms with Crippen LogP contribution >= 0.6 is 0 Å². The Labute approximate surface area is 75.4 Å². The molecule has 0 spiro atoms. The Bertz CT molecular complexity index is 133. The van der Waals surface area contributed by atoms with Crippen molar-refractivity contribution in [1.82, 2.24) is 5.32 Å². The minimum Gasteiger partial charge on any atom is -0.392 e. The molecule has 0 bridgehead atoms. The fourth-order valence-corrected chi connectivity index (χ4v) is 1.87. The van der Waals surface area contributed by atoms with Crippen molar-refractivity contribution < 1.29 is 5.11 Å². The molecule has 0 aliphatic carbocycles. The fourth-order valence-electron chi connectivity index (χ4n) is 1.87. The third-order valence-electron chi connectivity index (χ3n) is 2.72. The number of aliphatic hydroxyl groups excluding tert-OH is 1. The summed E-state index contributed by atoms with van der Waals surface area (Å²) in [5.41, 5.74) is 0.0437. The van der Waals surface area contributed by atoms with Gasteiger partial charge in [-0.3, -0.25) is 0 Å². The molecule has 2 N–H and O–H groups in total. The van der Waals surface area contributed by atoms with E-state index in [1.165, 1.54) is 0 Å². The van der Waals surface area contributed by atoms with E-state index in [0.717, 1.165) is 25.9 Å². The molecule has 0 saturated carbocycles. The van der Waals surface area contributed by atoms with Gasteiger partial charge in [-0.2, -0.15) is 0 Å². The van der Waals surface area contributed by atoms with Crippen LogP contribution in [0.5, 0.6) is 0 Å². The van der Waals surface area contributed by atoms with Gasteiger partial charge >= 0.3 is 0 Å². The van der Waals surface area contributed by atoms with Crippen molar-refractivity contribution in [2.24, 2.45) is 11.3 Å². The molecule has 1 aliphatic heterocycles. The molecule has 0 aromatic carbocycles. The summed E-state index contributed by atoms with van der Waals surface area (Å²) in [6, 6.07) is 0. The maximum atomic E-state index is 9.98. The molecular weight excluding hydrogens is 150 g/mol. The third-order valence-corrected chi connectivity index (χ3v) is 2.72. The summed E-state index contributed by atoms with van der Waals surface area (Å²) in [4.78, 5) is 0. The predicted molar refractivity (Wildman–Crippen MR) is 51.1 cm³/mol. The number of hydrogen-bond acceptors (Lipinski definition) is 2. The van der Waals surface area contributed by atoms with Crippen LogP contribution in [-0.4, -0.2) is 24.3 Å². The molecule has 1 unspecified atom stereocenters. The molecule has 2 nitrogen and oxygen atoms in total. The SMILES string of the molecule is CC(C)(C)C(O)C1CCNCC1. The van der Waals surface area contributed by atoms with Crippen molar-refractivity contribution in [3.63, 3.8) is 0 Å². The molecule has 1 atom stereocenters. The molecule has 0 radical (unpaired) electrons. The van der Waals surface area contributed by atoms with Crippen LogP contribution in [0.4, 0.5) is 0 Å². The number of nitrogens with one attached hydrogen (secondary N) is 1. The first-order valence-electron chi connectivity index (χ1n) is 4.90. The Morgan fingerprint density at radius 1 is 1.25 bits per heavy atom. The van der Waals surface area contributed by atoms with Gasteiger partial charge in [0.2, 0.25) is 0 Å². The maximum absolute atomic E-state index is 9.98. The van der Waals surface area contributed by atoms with Crippen LogP contribution in [0, 0.1) is 11.3 Å². The first-order valence-corrected chi connectivity index (χ1v) is 4.90. The molecule has 0 aromatic heterocycles. The topological polar surface area (TPSA) is 32.3 Å². The summed E-state index contributed by atoms with van der Waals surface area (Å²) < 4.78 is 0. The van der Waals surface area contributed by atoms with Gasteiger partial charge in [-0.15, -0.1) is 0 Å². The Morgan fingerprint density at radius 2 is 1.75 bits per heavy atom. The highest BCUT2D eigenvalue weighted by Gasteiger charge is 2.30. The lowest BCUT2D eigenvalue weighted by atomic mass is 9.78. The number of rotatable bonds is 1. The molecule has 1 heterocycles. The van der Waals surface area contributed by atoms with Crippen LogP contribution in [0.3, 0.4) is 0 Å². The minimum atomic E-state index is -0.139. The predicted octanol–water partition coefficient (Wildman–Crippen LogP) is 1.39. The lowest BCUT2D eigenvalue weighted by molar-refractivity contribution is 0.000613. The summed E-state index contributed by atoms with van der Waals surface area (Å²) in [7, 11) is 0. The molecule has 1 aliphatic rings. The third kappa shape index (κ3) is 2.46. The Balaban J connectivity index is 2.45. The normalized spacial score (nSPS) is 24.0. The molecular formula is C10H21NO. The van der Waals surface area contributed by atoms with E-state index in [9.17, 15) is 5.11 Å². The van der Waals surface area contributed by atoms with Gasteiger partial charge in [-0.05, 0) is 37.3 Å². The van der Waals surface area contributed by atoms with E-state index in [1.807, 2.05) is 0 Å². The van der Waals surface area contributed by atoms with E-state index in [-0.39, 0.29) is 11.5 Å². The van der Waals surface area contributed by atoms with Gasteiger partial charge in [-0.25, -0.2) is 0 Å². The van der Waals surface area contributed by atoms with Gasteiger partial charge < -0.3 is 10.4 Å². The molecule has 1 saturated heterocycles. The van der Waals surface area contributed by atoms with Crippen LogP contribution in [0.25, 0.3) is 0 Å². The van der Waals surface area contributed by atoms with Crippen molar-refractivity contribution >= 4 is 0 Å². The monoisotopic (exact) mass is 171 g/mol. The van der Waals surface area contributed by atoms with Gasteiger partial charge in [0, 0.05) is 0 Å². The van der Waals surface area contributed by atoms with Gasteiger partial charge in [0.1, 0.15) is 0 Å². The average molecular weight is 171 g/mol. The summed E-state index contributed by atoms with van der Waals surface area (Å²) in [6.07, 6.45) is 2.11. The number of piperidine rings is 1. The molecule has 0 amide bonds. The maximum Gasteiger partial charge on any atom is 0.0617 e. The lowest BCUT2D eigenvalue weighted by Gasteiger charge is -2.35. The van der Waals surface area contributed by atoms with E-state index < -0.39 is 0 Å². The Morgan fingerprint density at radius 3 is 2.17 bits per heavy atom. The summed E-state index contributed by atoms with van der Waals surface area (Å²) >= 11 is 0. The second kappa shape index (κ2) is 3.75. The van der Waals surface area contributed by atoms with Crippen molar-refractivity contribution in [2.75, 3.05) is 13.1 Å². The highest BCUT2D eigenvalue weighted by atomic mass is 16.3.